The van der Waals surface area contributed by atoms with Gasteiger partial charge in [-0.2, -0.15) is 0 Å². The molecule has 3 heterocycles. The maximum atomic E-state index is 13.8. The highest BCUT2D eigenvalue weighted by Gasteiger charge is 2.51. The second-order valence-corrected chi connectivity index (χ2v) is 7.05. The number of piperazine rings is 1. The minimum Gasteiger partial charge on any atom is -0.356 e. The number of benzene rings is 1. The summed E-state index contributed by atoms with van der Waals surface area (Å²) in [6, 6.07) is 5.48. The normalized spacial score (nSPS) is 23.4. The molecule has 2 fully saturated rings. The SMILES string of the molecule is N[C@]12C[C@H](CN1/C=C/C(=O)c1c(F)c(F)c(F)c(F)c1F)N(c1ccccn1)C2. The van der Waals surface area contributed by atoms with Crippen LogP contribution in [0.4, 0.5) is 27.8 Å². The van der Waals surface area contributed by atoms with Gasteiger partial charge in [-0.1, -0.05) is 6.07 Å². The second kappa shape index (κ2) is 6.80. The van der Waals surface area contributed by atoms with Gasteiger partial charge in [-0.15, -0.1) is 0 Å². The number of likely N-dealkylation sites (tertiary alicyclic amines) is 1. The van der Waals surface area contributed by atoms with Crippen LogP contribution in [-0.4, -0.2) is 40.5 Å². The van der Waals surface area contributed by atoms with Crippen LogP contribution in [0.15, 0.2) is 36.7 Å². The van der Waals surface area contributed by atoms with Gasteiger partial charge < -0.3 is 15.5 Å². The standard InChI is InChI=1S/C19H15F5N4O/c20-14-13(15(21)17(23)18(24)16(14)22)11(29)4-6-27-8-10-7-19(27,25)9-28(10)12-3-1-2-5-26-12/h1-6,10H,7-9,25H2/b6-4+/t10-,19-/m1/s1. The Morgan fingerprint density at radius 1 is 1.10 bits per heavy atom. The summed E-state index contributed by atoms with van der Waals surface area (Å²) in [5.74, 6) is -11.6. The van der Waals surface area contributed by atoms with Crippen molar-refractivity contribution in [3.63, 3.8) is 0 Å². The molecule has 29 heavy (non-hydrogen) atoms. The van der Waals surface area contributed by atoms with Crippen molar-refractivity contribution >= 4 is 11.6 Å². The average Bonchev–Trinajstić information content (AvgIpc) is 3.22. The number of anilines is 1. The Morgan fingerprint density at radius 2 is 1.76 bits per heavy atom. The molecule has 10 heteroatoms. The highest BCUT2D eigenvalue weighted by Crippen LogP contribution is 2.38. The number of allylic oxidation sites excluding steroid dienone is 1. The van der Waals surface area contributed by atoms with Gasteiger partial charge in [-0.25, -0.2) is 26.9 Å². The number of rotatable bonds is 4. The first-order chi connectivity index (χ1) is 13.7. The van der Waals surface area contributed by atoms with Crippen molar-refractivity contribution in [2.45, 2.75) is 18.1 Å². The molecule has 1 aromatic carbocycles. The first kappa shape index (κ1) is 19.3. The molecule has 0 unspecified atom stereocenters. The molecule has 0 amide bonds. The Hall–Kier alpha value is -3.01. The molecular weight excluding hydrogens is 395 g/mol. The summed E-state index contributed by atoms with van der Waals surface area (Å²) in [6.45, 7) is 0.809. The second-order valence-electron chi connectivity index (χ2n) is 7.05. The van der Waals surface area contributed by atoms with Crippen molar-refractivity contribution in [3.8, 4) is 0 Å². The van der Waals surface area contributed by atoms with E-state index in [4.69, 9.17) is 5.73 Å². The molecule has 2 aliphatic rings. The monoisotopic (exact) mass is 410 g/mol. The van der Waals surface area contributed by atoms with Crippen LogP contribution in [-0.2, 0) is 0 Å². The van der Waals surface area contributed by atoms with Gasteiger partial charge in [-0.3, -0.25) is 4.79 Å². The fourth-order valence-electron chi connectivity index (χ4n) is 3.85. The summed E-state index contributed by atoms with van der Waals surface area (Å²) in [4.78, 5) is 20.1. The van der Waals surface area contributed by atoms with E-state index in [0.717, 1.165) is 11.9 Å². The predicted octanol–water partition coefficient (Wildman–Crippen LogP) is 2.72. The minimum absolute atomic E-state index is 0.00355. The quantitative estimate of drug-likeness (QED) is 0.276. The number of hydrogen-bond acceptors (Lipinski definition) is 5. The van der Waals surface area contributed by atoms with Crippen molar-refractivity contribution in [3.05, 3.63) is 71.3 Å². The summed E-state index contributed by atoms with van der Waals surface area (Å²) in [5, 5.41) is 0. The third-order valence-electron chi connectivity index (χ3n) is 5.26. The van der Waals surface area contributed by atoms with Crippen molar-refractivity contribution in [1.29, 1.82) is 0 Å². The van der Waals surface area contributed by atoms with Gasteiger partial charge >= 0.3 is 0 Å². The number of carbonyl (C=O) groups is 1. The largest absolute Gasteiger partial charge is 0.356 e. The lowest BCUT2D eigenvalue weighted by molar-refractivity contribution is 0.103. The van der Waals surface area contributed by atoms with E-state index in [-0.39, 0.29) is 6.04 Å². The molecule has 152 valence electrons. The molecule has 0 spiro atoms. The molecule has 2 bridgehead atoms. The minimum atomic E-state index is -2.31. The van der Waals surface area contributed by atoms with Crippen molar-refractivity contribution < 1.29 is 26.7 Å². The van der Waals surface area contributed by atoms with Crippen LogP contribution < -0.4 is 10.6 Å². The molecule has 2 N–H and O–H groups in total. The number of ketones is 1. The Labute approximate surface area is 162 Å². The molecule has 2 aliphatic heterocycles. The molecule has 2 aromatic rings. The van der Waals surface area contributed by atoms with Gasteiger partial charge in [0, 0.05) is 31.4 Å². The van der Waals surface area contributed by atoms with Crippen LogP contribution in [0.2, 0.25) is 0 Å². The van der Waals surface area contributed by atoms with E-state index in [9.17, 15) is 26.7 Å². The lowest BCUT2D eigenvalue weighted by Crippen LogP contribution is -2.57. The van der Waals surface area contributed by atoms with E-state index in [1.54, 1.807) is 17.2 Å². The van der Waals surface area contributed by atoms with Crippen molar-refractivity contribution in [2.75, 3.05) is 18.0 Å². The van der Waals surface area contributed by atoms with E-state index < -0.39 is 46.1 Å². The van der Waals surface area contributed by atoms with Gasteiger partial charge in [0.25, 0.3) is 0 Å². The zero-order valence-corrected chi connectivity index (χ0v) is 14.9. The number of nitrogens with two attached hydrogens (primary N) is 1. The Kier molecular flexibility index (Phi) is 4.53. The van der Waals surface area contributed by atoms with E-state index in [2.05, 4.69) is 4.98 Å². The lowest BCUT2D eigenvalue weighted by Gasteiger charge is -2.39. The molecule has 5 nitrogen and oxygen atoms in total. The third kappa shape index (κ3) is 3.03. The van der Waals surface area contributed by atoms with Crippen LogP contribution in [0, 0.1) is 29.1 Å². The zero-order chi connectivity index (χ0) is 20.9. The Bertz CT molecular complexity index is 986. The van der Waals surface area contributed by atoms with Gasteiger partial charge in [0.1, 0.15) is 11.5 Å². The van der Waals surface area contributed by atoms with Gasteiger partial charge in [0.15, 0.2) is 29.1 Å². The number of nitrogens with zero attached hydrogens (tertiary/aromatic N) is 3. The van der Waals surface area contributed by atoms with E-state index in [0.29, 0.717) is 19.5 Å². The summed E-state index contributed by atoms with van der Waals surface area (Å²) in [6.07, 6.45) is 4.21. The molecule has 1 aromatic heterocycles. The fourth-order valence-corrected chi connectivity index (χ4v) is 3.85. The van der Waals surface area contributed by atoms with E-state index in [1.807, 2.05) is 17.0 Å². The number of pyridine rings is 1. The molecule has 0 aliphatic carbocycles. The van der Waals surface area contributed by atoms with E-state index in [1.165, 1.54) is 6.20 Å². The predicted molar refractivity (Wildman–Crippen MR) is 93.3 cm³/mol. The molecule has 0 radical (unpaired) electrons. The van der Waals surface area contributed by atoms with Crippen LogP contribution in [0.5, 0.6) is 0 Å². The molecule has 2 atom stereocenters. The van der Waals surface area contributed by atoms with Gasteiger partial charge in [0.2, 0.25) is 5.82 Å². The summed E-state index contributed by atoms with van der Waals surface area (Å²) in [7, 11) is 0. The highest BCUT2D eigenvalue weighted by molar-refractivity contribution is 6.04. The molecule has 4 rings (SSSR count). The average molecular weight is 410 g/mol. The summed E-state index contributed by atoms with van der Waals surface area (Å²) >= 11 is 0. The Morgan fingerprint density at radius 3 is 2.31 bits per heavy atom. The zero-order valence-electron chi connectivity index (χ0n) is 14.9. The summed E-state index contributed by atoms with van der Waals surface area (Å²) < 4.78 is 67.3. The fraction of sp³-hybridized carbons (Fsp3) is 0.263. The Balaban J connectivity index is 1.54. The number of hydrogen-bond donors (Lipinski definition) is 1. The third-order valence-corrected chi connectivity index (χ3v) is 5.26. The number of carbonyl (C=O) groups excluding carboxylic acids is 1. The maximum absolute atomic E-state index is 13.8. The first-order valence-electron chi connectivity index (χ1n) is 8.70. The van der Waals surface area contributed by atoms with E-state index >= 15 is 0 Å². The smallest absolute Gasteiger partial charge is 0.200 e. The van der Waals surface area contributed by atoms with Crippen LogP contribution >= 0.6 is 0 Å². The lowest BCUT2D eigenvalue weighted by atomic mass is 10.1. The summed E-state index contributed by atoms with van der Waals surface area (Å²) in [5.41, 5.74) is 4.05. The van der Waals surface area contributed by atoms with Gasteiger partial charge in [0.05, 0.1) is 18.2 Å². The number of fused-ring (bicyclic) bond motifs is 2. The highest BCUT2D eigenvalue weighted by atomic mass is 19.2. The number of halogens is 5. The van der Waals surface area contributed by atoms with Crippen molar-refractivity contribution in [1.82, 2.24) is 9.88 Å². The molecular formula is C19H15F5N4O. The molecule has 2 saturated heterocycles. The maximum Gasteiger partial charge on any atom is 0.200 e. The first-order valence-corrected chi connectivity index (χ1v) is 8.70. The van der Waals surface area contributed by atoms with Crippen LogP contribution in [0.1, 0.15) is 16.8 Å². The van der Waals surface area contributed by atoms with Crippen LogP contribution in [0.25, 0.3) is 0 Å². The van der Waals surface area contributed by atoms with Crippen LogP contribution in [0.3, 0.4) is 0 Å². The number of aromatic nitrogens is 1. The molecule has 0 saturated carbocycles. The van der Waals surface area contributed by atoms with Crippen molar-refractivity contribution in [2.24, 2.45) is 5.73 Å². The van der Waals surface area contributed by atoms with Gasteiger partial charge in [-0.05, 0) is 12.1 Å². The topological polar surface area (TPSA) is 62.5 Å².